The Hall–Kier alpha value is -1.74. The second kappa shape index (κ2) is 5.71. The van der Waals surface area contributed by atoms with Crippen molar-refractivity contribution in [1.82, 2.24) is 15.3 Å². The predicted molar refractivity (Wildman–Crippen MR) is 80.7 cm³/mol. The first-order chi connectivity index (χ1) is 9.70. The third-order valence-corrected chi connectivity index (χ3v) is 3.83. The molecule has 2 heterocycles. The molecule has 2 aromatic rings. The van der Waals surface area contributed by atoms with E-state index >= 15 is 0 Å². The second-order valence-electron chi connectivity index (χ2n) is 5.64. The molecule has 1 fully saturated rings. The van der Waals surface area contributed by atoms with E-state index in [1.165, 1.54) is 24.0 Å². The van der Waals surface area contributed by atoms with Gasteiger partial charge in [-0.25, -0.2) is 9.97 Å². The summed E-state index contributed by atoms with van der Waals surface area (Å²) in [6.07, 6.45) is 3.30. The molecule has 3 rings (SSSR count). The molecule has 3 nitrogen and oxygen atoms in total. The Balaban J connectivity index is 1.83. The van der Waals surface area contributed by atoms with Crippen LogP contribution in [0.3, 0.4) is 0 Å². The molecular weight excluding hydrogens is 246 g/mol. The number of rotatable bonds is 3. The Morgan fingerprint density at radius 1 is 1.15 bits per heavy atom. The van der Waals surface area contributed by atoms with Crippen LogP contribution in [-0.4, -0.2) is 16.5 Å². The average molecular weight is 267 g/mol. The van der Waals surface area contributed by atoms with Crippen LogP contribution in [0.4, 0.5) is 0 Å². The summed E-state index contributed by atoms with van der Waals surface area (Å²) in [5.74, 6) is 0.873. The summed E-state index contributed by atoms with van der Waals surface area (Å²) in [5.41, 5.74) is 4.87. The minimum Gasteiger partial charge on any atom is -0.309 e. The number of nitrogens with zero attached hydrogens (tertiary/aromatic N) is 2. The Morgan fingerprint density at radius 2 is 1.95 bits per heavy atom. The molecule has 104 valence electrons. The van der Waals surface area contributed by atoms with Crippen LogP contribution in [0.25, 0.3) is 0 Å². The van der Waals surface area contributed by atoms with Crippen LogP contribution in [0.5, 0.6) is 0 Å². The number of nitrogens with one attached hydrogen (secondary N) is 1. The highest BCUT2D eigenvalue weighted by Crippen LogP contribution is 2.22. The van der Waals surface area contributed by atoms with Gasteiger partial charge >= 0.3 is 0 Å². The fourth-order valence-electron chi connectivity index (χ4n) is 2.78. The summed E-state index contributed by atoms with van der Waals surface area (Å²) in [6.45, 7) is 5.20. The van der Waals surface area contributed by atoms with E-state index in [0.29, 0.717) is 6.04 Å². The van der Waals surface area contributed by atoms with E-state index in [2.05, 4.69) is 52.5 Å². The van der Waals surface area contributed by atoms with Crippen LogP contribution in [0.1, 0.15) is 47.2 Å². The molecule has 0 radical (unpaired) electrons. The normalized spacial score (nSPS) is 18.4. The largest absolute Gasteiger partial charge is 0.309 e. The lowest BCUT2D eigenvalue weighted by molar-refractivity contribution is 0.620. The summed E-state index contributed by atoms with van der Waals surface area (Å²) in [4.78, 5) is 9.18. The quantitative estimate of drug-likeness (QED) is 0.928. The number of hydrogen-bond acceptors (Lipinski definition) is 3. The second-order valence-corrected chi connectivity index (χ2v) is 5.64. The highest BCUT2D eigenvalue weighted by molar-refractivity contribution is 5.27. The monoisotopic (exact) mass is 267 g/mol. The number of hydrogen-bond donors (Lipinski definition) is 1. The van der Waals surface area contributed by atoms with Gasteiger partial charge in [-0.05, 0) is 44.9 Å². The lowest BCUT2D eigenvalue weighted by Gasteiger charge is -2.12. The van der Waals surface area contributed by atoms with Crippen LogP contribution < -0.4 is 5.32 Å². The molecule has 20 heavy (non-hydrogen) atoms. The Kier molecular flexibility index (Phi) is 3.79. The molecule has 1 aromatic carbocycles. The van der Waals surface area contributed by atoms with Crippen molar-refractivity contribution in [3.63, 3.8) is 0 Å². The third-order valence-electron chi connectivity index (χ3n) is 3.83. The van der Waals surface area contributed by atoms with Gasteiger partial charge in [0, 0.05) is 18.2 Å². The maximum Gasteiger partial charge on any atom is 0.125 e. The SMILES string of the molecule is Cc1ccc(Cc2cc(C3CCCN3)nc(C)n2)cc1. The van der Waals surface area contributed by atoms with Gasteiger partial charge in [0.2, 0.25) is 0 Å². The van der Waals surface area contributed by atoms with Gasteiger partial charge in [-0.15, -0.1) is 0 Å². The van der Waals surface area contributed by atoms with E-state index in [4.69, 9.17) is 0 Å². The number of aryl methyl sites for hydroxylation is 2. The van der Waals surface area contributed by atoms with Crippen LogP contribution in [0.2, 0.25) is 0 Å². The van der Waals surface area contributed by atoms with Gasteiger partial charge in [-0.2, -0.15) is 0 Å². The summed E-state index contributed by atoms with van der Waals surface area (Å²) in [6, 6.07) is 11.2. The van der Waals surface area contributed by atoms with Crippen LogP contribution in [-0.2, 0) is 6.42 Å². The van der Waals surface area contributed by atoms with Crippen molar-refractivity contribution in [1.29, 1.82) is 0 Å². The van der Waals surface area contributed by atoms with E-state index in [1.807, 2.05) is 6.92 Å². The molecule has 1 aliphatic heterocycles. The topological polar surface area (TPSA) is 37.8 Å². The zero-order chi connectivity index (χ0) is 13.9. The first-order valence-electron chi connectivity index (χ1n) is 7.34. The number of aromatic nitrogens is 2. The molecular formula is C17H21N3. The first kappa shape index (κ1) is 13.3. The lowest BCUT2D eigenvalue weighted by Crippen LogP contribution is -2.15. The summed E-state index contributed by atoms with van der Waals surface area (Å²) in [5, 5.41) is 3.51. The number of benzene rings is 1. The molecule has 1 atom stereocenters. The van der Waals surface area contributed by atoms with Gasteiger partial charge in [0.05, 0.1) is 5.69 Å². The average Bonchev–Trinajstić information content (AvgIpc) is 2.95. The molecule has 1 N–H and O–H groups in total. The van der Waals surface area contributed by atoms with Crippen LogP contribution in [0, 0.1) is 13.8 Å². The summed E-state index contributed by atoms with van der Waals surface area (Å²) >= 11 is 0. The molecule has 1 saturated heterocycles. The predicted octanol–water partition coefficient (Wildman–Crippen LogP) is 3.11. The molecule has 3 heteroatoms. The molecule has 1 aromatic heterocycles. The third kappa shape index (κ3) is 3.05. The van der Waals surface area contributed by atoms with Crippen molar-refractivity contribution in [2.24, 2.45) is 0 Å². The maximum atomic E-state index is 4.60. The molecule has 0 bridgehead atoms. The minimum absolute atomic E-state index is 0.411. The van der Waals surface area contributed by atoms with Crippen LogP contribution in [0.15, 0.2) is 30.3 Å². The molecule has 0 aliphatic carbocycles. The lowest BCUT2D eigenvalue weighted by atomic mass is 10.1. The molecule has 1 aliphatic rings. The standard InChI is InChI=1S/C17H21N3/c1-12-5-7-14(8-6-12)10-15-11-17(20-13(2)19-15)16-4-3-9-18-16/h5-8,11,16,18H,3-4,9-10H2,1-2H3. The van der Waals surface area contributed by atoms with Crippen molar-refractivity contribution in [2.75, 3.05) is 6.54 Å². The van der Waals surface area contributed by atoms with E-state index in [1.54, 1.807) is 0 Å². The fraction of sp³-hybridized carbons (Fsp3) is 0.412. The molecule has 1 unspecified atom stereocenters. The van der Waals surface area contributed by atoms with Gasteiger partial charge in [0.15, 0.2) is 0 Å². The van der Waals surface area contributed by atoms with Crippen molar-refractivity contribution in [3.05, 3.63) is 58.7 Å². The minimum atomic E-state index is 0.411. The van der Waals surface area contributed by atoms with Crippen molar-refractivity contribution >= 4 is 0 Å². The zero-order valence-electron chi connectivity index (χ0n) is 12.2. The Morgan fingerprint density at radius 3 is 2.65 bits per heavy atom. The highest BCUT2D eigenvalue weighted by Gasteiger charge is 2.18. The van der Waals surface area contributed by atoms with Crippen molar-refractivity contribution in [3.8, 4) is 0 Å². The van der Waals surface area contributed by atoms with E-state index in [-0.39, 0.29) is 0 Å². The van der Waals surface area contributed by atoms with Crippen molar-refractivity contribution in [2.45, 2.75) is 39.2 Å². The smallest absolute Gasteiger partial charge is 0.125 e. The van der Waals surface area contributed by atoms with Crippen molar-refractivity contribution < 1.29 is 0 Å². The van der Waals surface area contributed by atoms with Gasteiger partial charge < -0.3 is 5.32 Å². The first-order valence-corrected chi connectivity index (χ1v) is 7.34. The van der Waals surface area contributed by atoms with E-state index < -0.39 is 0 Å². The Labute approximate surface area is 120 Å². The Bertz CT molecular complexity index is 584. The van der Waals surface area contributed by atoms with E-state index in [0.717, 1.165) is 30.2 Å². The van der Waals surface area contributed by atoms with Gasteiger partial charge in [-0.3, -0.25) is 0 Å². The van der Waals surface area contributed by atoms with Gasteiger partial charge in [0.1, 0.15) is 5.82 Å². The highest BCUT2D eigenvalue weighted by atomic mass is 15.0. The molecule has 0 amide bonds. The maximum absolute atomic E-state index is 4.60. The van der Waals surface area contributed by atoms with Gasteiger partial charge in [0.25, 0.3) is 0 Å². The molecule has 0 spiro atoms. The zero-order valence-corrected chi connectivity index (χ0v) is 12.2. The van der Waals surface area contributed by atoms with Gasteiger partial charge in [-0.1, -0.05) is 29.8 Å². The summed E-state index contributed by atoms with van der Waals surface area (Å²) in [7, 11) is 0. The van der Waals surface area contributed by atoms with E-state index in [9.17, 15) is 0 Å². The van der Waals surface area contributed by atoms with Crippen LogP contribution >= 0.6 is 0 Å². The summed E-state index contributed by atoms with van der Waals surface area (Å²) < 4.78 is 0. The molecule has 0 saturated carbocycles. The fourth-order valence-corrected chi connectivity index (χ4v) is 2.78.